The summed E-state index contributed by atoms with van der Waals surface area (Å²) in [6.45, 7) is 7.12. The maximum atomic E-state index is 10.9. The van der Waals surface area contributed by atoms with Gasteiger partial charge in [-0.2, -0.15) is 0 Å². The number of aromatic nitrogens is 1. The molecule has 0 aliphatic carbocycles. The Balaban J connectivity index is 2.61. The summed E-state index contributed by atoms with van der Waals surface area (Å²) >= 11 is 0. The monoisotopic (exact) mass is 235 g/mol. The van der Waals surface area contributed by atoms with E-state index in [2.05, 4.69) is 4.98 Å². The van der Waals surface area contributed by atoms with Crippen molar-refractivity contribution in [3.63, 3.8) is 0 Å². The zero-order valence-electron chi connectivity index (χ0n) is 10.1. The molecule has 5 nitrogen and oxygen atoms in total. The van der Waals surface area contributed by atoms with Crippen molar-refractivity contribution in [2.45, 2.75) is 27.7 Å². The maximum absolute atomic E-state index is 10.9. The lowest BCUT2D eigenvalue weighted by atomic mass is 10.1. The van der Waals surface area contributed by atoms with Gasteiger partial charge in [-0.15, -0.1) is 0 Å². The van der Waals surface area contributed by atoms with Crippen LogP contribution in [0.4, 0.5) is 0 Å². The van der Waals surface area contributed by atoms with Gasteiger partial charge < -0.3 is 13.9 Å². The first-order chi connectivity index (χ1) is 7.91. The van der Waals surface area contributed by atoms with Gasteiger partial charge in [-0.25, -0.2) is 9.78 Å². The molecular weight excluding hydrogens is 222 g/mol. The second kappa shape index (κ2) is 3.76. The van der Waals surface area contributed by atoms with E-state index in [0.717, 1.165) is 16.9 Å². The topological polar surface area (TPSA) is 76.5 Å². The minimum absolute atomic E-state index is 0.0577. The van der Waals surface area contributed by atoms with Gasteiger partial charge in [-0.1, -0.05) is 0 Å². The van der Waals surface area contributed by atoms with E-state index in [4.69, 9.17) is 13.9 Å². The van der Waals surface area contributed by atoms with Gasteiger partial charge in [0.15, 0.2) is 5.69 Å². The molecule has 0 saturated carbocycles. The smallest absolute Gasteiger partial charge is 0.358 e. The van der Waals surface area contributed by atoms with E-state index in [1.807, 2.05) is 13.8 Å². The normalized spacial score (nSPS) is 10.8. The van der Waals surface area contributed by atoms with Gasteiger partial charge in [0.2, 0.25) is 5.89 Å². The van der Waals surface area contributed by atoms with Crippen molar-refractivity contribution in [2.75, 3.05) is 0 Å². The molecular formula is C12H13NO4. The quantitative estimate of drug-likeness (QED) is 0.866. The highest BCUT2D eigenvalue weighted by Gasteiger charge is 2.22. The van der Waals surface area contributed by atoms with E-state index >= 15 is 0 Å². The van der Waals surface area contributed by atoms with Crippen LogP contribution >= 0.6 is 0 Å². The predicted octanol–water partition coefficient (Wildman–Crippen LogP) is 2.87. The van der Waals surface area contributed by atoms with Crippen LogP contribution in [0.3, 0.4) is 0 Å². The second-order valence-corrected chi connectivity index (χ2v) is 3.94. The third-order valence-electron chi connectivity index (χ3n) is 2.77. The van der Waals surface area contributed by atoms with Crippen LogP contribution in [-0.2, 0) is 0 Å². The molecule has 0 radical (unpaired) electrons. The molecule has 2 heterocycles. The average Bonchev–Trinajstić information content (AvgIpc) is 2.70. The van der Waals surface area contributed by atoms with Crippen molar-refractivity contribution < 1.29 is 18.7 Å². The highest BCUT2D eigenvalue weighted by Crippen LogP contribution is 2.31. The van der Waals surface area contributed by atoms with Crippen molar-refractivity contribution in [1.29, 1.82) is 0 Å². The van der Waals surface area contributed by atoms with Crippen LogP contribution < -0.4 is 0 Å². The fourth-order valence-corrected chi connectivity index (χ4v) is 1.81. The van der Waals surface area contributed by atoms with E-state index in [9.17, 15) is 4.79 Å². The molecule has 0 atom stereocenters. The Bertz CT molecular complexity index is 592. The first-order valence-corrected chi connectivity index (χ1v) is 5.19. The summed E-state index contributed by atoms with van der Waals surface area (Å²) in [5.74, 6) is 0.966. The van der Waals surface area contributed by atoms with Crippen LogP contribution in [0.2, 0.25) is 0 Å². The molecule has 2 rings (SSSR count). The summed E-state index contributed by atoms with van der Waals surface area (Å²) in [5, 5.41) is 8.92. The Morgan fingerprint density at radius 3 is 2.12 bits per heavy atom. The Kier molecular flexibility index (Phi) is 2.53. The third-order valence-corrected chi connectivity index (χ3v) is 2.77. The minimum Gasteiger partial charge on any atom is -0.476 e. The molecule has 2 aromatic heterocycles. The highest BCUT2D eigenvalue weighted by molar-refractivity contribution is 5.87. The van der Waals surface area contributed by atoms with E-state index in [1.54, 1.807) is 13.8 Å². The summed E-state index contributed by atoms with van der Waals surface area (Å²) in [7, 11) is 0. The Morgan fingerprint density at radius 2 is 1.71 bits per heavy atom. The largest absolute Gasteiger partial charge is 0.476 e. The van der Waals surface area contributed by atoms with Gasteiger partial charge in [0.25, 0.3) is 0 Å². The van der Waals surface area contributed by atoms with Crippen LogP contribution in [0.15, 0.2) is 8.83 Å². The van der Waals surface area contributed by atoms with Gasteiger partial charge in [0, 0.05) is 5.56 Å². The molecule has 0 spiro atoms. The summed E-state index contributed by atoms with van der Waals surface area (Å²) < 4.78 is 10.8. The number of furan rings is 1. The first kappa shape index (κ1) is 11.4. The number of aryl methyl sites for hydroxylation is 3. The predicted molar refractivity (Wildman–Crippen MR) is 60.1 cm³/mol. The van der Waals surface area contributed by atoms with Gasteiger partial charge in [-0.3, -0.25) is 0 Å². The van der Waals surface area contributed by atoms with Crippen molar-refractivity contribution in [3.8, 4) is 11.5 Å². The maximum Gasteiger partial charge on any atom is 0.358 e. The number of carboxylic acid groups (broad SMARTS) is 1. The highest BCUT2D eigenvalue weighted by atomic mass is 16.4. The lowest BCUT2D eigenvalue weighted by Crippen LogP contribution is -1.98. The lowest BCUT2D eigenvalue weighted by Gasteiger charge is -1.93. The van der Waals surface area contributed by atoms with Crippen molar-refractivity contribution in [3.05, 3.63) is 28.5 Å². The fraction of sp³-hybridized carbons (Fsp3) is 0.333. The summed E-state index contributed by atoms with van der Waals surface area (Å²) in [6, 6.07) is 0. The molecule has 17 heavy (non-hydrogen) atoms. The van der Waals surface area contributed by atoms with Crippen LogP contribution in [0.5, 0.6) is 0 Å². The van der Waals surface area contributed by atoms with Gasteiger partial charge in [-0.05, 0) is 27.7 Å². The zero-order valence-corrected chi connectivity index (χ0v) is 10.1. The van der Waals surface area contributed by atoms with Crippen LogP contribution in [0, 0.1) is 27.7 Å². The SMILES string of the molecule is Cc1oc(-c2c(C)oc(C)c2C)nc1C(=O)O. The van der Waals surface area contributed by atoms with Crippen molar-refractivity contribution in [2.24, 2.45) is 0 Å². The molecule has 90 valence electrons. The zero-order chi connectivity index (χ0) is 12.7. The minimum atomic E-state index is -1.09. The molecule has 0 aliphatic heterocycles. The molecule has 0 unspecified atom stereocenters. The van der Waals surface area contributed by atoms with Crippen molar-refractivity contribution in [1.82, 2.24) is 4.98 Å². The van der Waals surface area contributed by atoms with E-state index in [-0.39, 0.29) is 5.69 Å². The van der Waals surface area contributed by atoms with Gasteiger partial charge in [0.05, 0.1) is 5.56 Å². The van der Waals surface area contributed by atoms with Crippen LogP contribution in [0.1, 0.15) is 33.3 Å². The van der Waals surface area contributed by atoms with Crippen LogP contribution in [-0.4, -0.2) is 16.1 Å². The van der Waals surface area contributed by atoms with E-state index in [1.165, 1.54) is 0 Å². The second-order valence-electron chi connectivity index (χ2n) is 3.94. The van der Waals surface area contributed by atoms with E-state index < -0.39 is 5.97 Å². The molecule has 1 N–H and O–H groups in total. The molecule has 5 heteroatoms. The van der Waals surface area contributed by atoms with Gasteiger partial charge in [0.1, 0.15) is 17.3 Å². The summed E-state index contributed by atoms with van der Waals surface area (Å²) in [4.78, 5) is 14.9. The average molecular weight is 235 g/mol. The molecule has 0 amide bonds. The Hall–Kier alpha value is -2.04. The molecule has 0 aromatic carbocycles. The number of hydrogen-bond acceptors (Lipinski definition) is 4. The number of carbonyl (C=O) groups is 1. The van der Waals surface area contributed by atoms with Gasteiger partial charge >= 0.3 is 5.97 Å². The summed E-state index contributed by atoms with van der Waals surface area (Å²) in [5.41, 5.74) is 1.59. The fourth-order valence-electron chi connectivity index (χ4n) is 1.81. The number of oxazole rings is 1. The Morgan fingerprint density at radius 1 is 1.06 bits per heavy atom. The molecule has 0 saturated heterocycles. The number of nitrogens with zero attached hydrogens (tertiary/aromatic N) is 1. The molecule has 0 aliphatic rings. The lowest BCUT2D eigenvalue weighted by molar-refractivity contribution is 0.0689. The molecule has 2 aromatic rings. The number of carboxylic acids is 1. The summed E-state index contributed by atoms with van der Waals surface area (Å²) in [6.07, 6.45) is 0. The molecule has 0 bridgehead atoms. The van der Waals surface area contributed by atoms with Crippen molar-refractivity contribution >= 4 is 5.97 Å². The third kappa shape index (κ3) is 1.73. The number of aromatic carboxylic acids is 1. The Labute approximate surface area is 98.1 Å². The van der Waals surface area contributed by atoms with E-state index in [0.29, 0.717) is 17.4 Å². The van der Waals surface area contributed by atoms with Crippen LogP contribution in [0.25, 0.3) is 11.5 Å². The standard InChI is InChI=1S/C12H13NO4/c1-5-6(2)16-7(3)9(5)11-13-10(12(14)15)8(4)17-11/h1-4H3,(H,14,15). The molecule has 0 fully saturated rings. The first-order valence-electron chi connectivity index (χ1n) is 5.19. The number of hydrogen-bond donors (Lipinski definition) is 1. The number of rotatable bonds is 2.